The van der Waals surface area contributed by atoms with Gasteiger partial charge in [0.1, 0.15) is 5.82 Å². The molecule has 1 aromatic carbocycles. The highest BCUT2D eigenvalue weighted by molar-refractivity contribution is 5.56. The quantitative estimate of drug-likeness (QED) is 0.704. The molecule has 0 amide bonds. The van der Waals surface area contributed by atoms with Gasteiger partial charge in [-0.25, -0.2) is 4.39 Å². The molecule has 0 heterocycles. The molecule has 74 valence electrons. The summed E-state index contributed by atoms with van der Waals surface area (Å²) in [4.78, 5) is 0. The van der Waals surface area contributed by atoms with Gasteiger partial charge in [-0.15, -0.1) is 0 Å². The van der Waals surface area contributed by atoms with Crippen molar-refractivity contribution >= 4 is 6.08 Å². The lowest BCUT2D eigenvalue weighted by Gasteiger charge is -1.95. The van der Waals surface area contributed by atoms with Crippen LogP contribution in [0.1, 0.15) is 18.4 Å². The molecule has 0 fully saturated rings. The molecule has 0 saturated carbocycles. The van der Waals surface area contributed by atoms with Gasteiger partial charge in [0, 0.05) is 12.0 Å². The molecule has 0 unspecified atom stereocenters. The second kappa shape index (κ2) is 5.57. The third-order valence-electron chi connectivity index (χ3n) is 1.86. The Bertz CT molecular complexity index is 432. The maximum atomic E-state index is 12.6. The average Bonchev–Trinajstić information content (AvgIpc) is 2.27. The molecule has 0 saturated heterocycles. The summed E-state index contributed by atoms with van der Waals surface area (Å²) in [5.74, 6) is -0.303. The first-order valence-electron chi connectivity index (χ1n) is 4.49. The van der Waals surface area contributed by atoms with Gasteiger partial charge >= 0.3 is 0 Å². The number of halogens is 1. The van der Waals surface area contributed by atoms with Crippen LogP contribution in [-0.4, -0.2) is 0 Å². The van der Waals surface area contributed by atoms with Crippen LogP contribution >= 0.6 is 0 Å². The molecule has 0 spiro atoms. The molecule has 0 N–H and O–H groups in total. The summed E-state index contributed by atoms with van der Waals surface area (Å²) in [6, 6.07) is 9.86. The molecule has 3 heteroatoms. The highest BCUT2D eigenvalue weighted by atomic mass is 19.1. The van der Waals surface area contributed by atoms with Crippen LogP contribution in [0.3, 0.4) is 0 Å². The van der Waals surface area contributed by atoms with E-state index in [-0.39, 0.29) is 5.82 Å². The second-order valence-electron chi connectivity index (χ2n) is 2.99. The minimum Gasteiger partial charge on any atom is -0.207 e. The van der Waals surface area contributed by atoms with E-state index in [9.17, 15) is 4.39 Å². The normalized spacial score (nSPS) is 10.5. The lowest BCUT2D eigenvalue weighted by molar-refractivity contribution is 0.628. The molecular formula is C12H9FN2. The Labute approximate surface area is 87.9 Å². The van der Waals surface area contributed by atoms with E-state index in [1.807, 2.05) is 12.1 Å². The monoisotopic (exact) mass is 200 g/mol. The van der Waals surface area contributed by atoms with Gasteiger partial charge in [0.2, 0.25) is 0 Å². The zero-order valence-corrected chi connectivity index (χ0v) is 8.07. The third-order valence-corrected chi connectivity index (χ3v) is 1.86. The lowest BCUT2D eigenvalue weighted by Crippen LogP contribution is -1.81. The maximum absolute atomic E-state index is 12.6. The van der Waals surface area contributed by atoms with Gasteiger partial charge in [-0.05, 0) is 30.2 Å². The lowest BCUT2D eigenvalue weighted by atomic mass is 10.1. The Morgan fingerprint density at radius 2 is 1.93 bits per heavy atom. The summed E-state index contributed by atoms with van der Waals surface area (Å²) in [5, 5.41) is 17.1. The molecular weight excluding hydrogens is 191 g/mol. The SMILES string of the molecule is N#CCC/C(C#N)=C\c1ccc(F)cc1. The highest BCUT2D eigenvalue weighted by Crippen LogP contribution is 2.11. The molecule has 0 aromatic heterocycles. The van der Waals surface area contributed by atoms with Gasteiger partial charge in [-0.2, -0.15) is 10.5 Å². The summed E-state index contributed by atoms with van der Waals surface area (Å²) in [6.45, 7) is 0. The van der Waals surface area contributed by atoms with Crippen LogP contribution in [0.15, 0.2) is 29.8 Å². The van der Waals surface area contributed by atoms with E-state index in [4.69, 9.17) is 10.5 Å². The molecule has 0 aliphatic heterocycles. The Morgan fingerprint density at radius 3 is 2.47 bits per heavy atom. The van der Waals surface area contributed by atoms with Crippen molar-refractivity contribution in [1.29, 1.82) is 10.5 Å². The van der Waals surface area contributed by atoms with E-state index in [0.29, 0.717) is 18.4 Å². The van der Waals surface area contributed by atoms with Crippen molar-refractivity contribution in [3.05, 3.63) is 41.2 Å². The van der Waals surface area contributed by atoms with E-state index in [1.165, 1.54) is 12.1 Å². The topological polar surface area (TPSA) is 47.6 Å². The number of hydrogen-bond acceptors (Lipinski definition) is 2. The van der Waals surface area contributed by atoms with Crippen LogP contribution in [0.5, 0.6) is 0 Å². The molecule has 1 rings (SSSR count). The van der Waals surface area contributed by atoms with Crippen molar-refractivity contribution in [1.82, 2.24) is 0 Å². The number of rotatable bonds is 3. The fourth-order valence-electron chi connectivity index (χ4n) is 1.11. The fraction of sp³-hybridized carbons (Fsp3) is 0.167. The minimum atomic E-state index is -0.303. The number of nitrogens with zero attached hydrogens (tertiary/aromatic N) is 2. The Balaban J connectivity index is 2.81. The largest absolute Gasteiger partial charge is 0.207 e. The van der Waals surface area contributed by atoms with Crippen LogP contribution in [0, 0.1) is 28.5 Å². The van der Waals surface area contributed by atoms with Crippen molar-refractivity contribution in [2.24, 2.45) is 0 Å². The van der Waals surface area contributed by atoms with Crippen LogP contribution in [0.25, 0.3) is 6.08 Å². The summed E-state index contributed by atoms with van der Waals surface area (Å²) < 4.78 is 12.6. The summed E-state index contributed by atoms with van der Waals surface area (Å²) in [6.07, 6.45) is 2.42. The first kappa shape index (κ1) is 10.9. The Morgan fingerprint density at radius 1 is 1.27 bits per heavy atom. The van der Waals surface area contributed by atoms with Gasteiger partial charge in [0.05, 0.1) is 12.1 Å². The number of allylic oxidation sites excluding steroid dienone is 1. The average molecular weight is 200 g/mol. The molecule has 0 aliphatic carbocycles. The van der Waals surface area contributed by atoms with Crippen molar-refractivity contribution in [2.45, 2.75) is 12.8 Å². The number of benzene rings is 1. The first-order chi connectivity index (χ1) is 7.26. The molecule has 0 aliphatic rings. The molecule has 0 atom stereocenters. The van der Waals surface area contributed by atoms with E-state index < -0.39 is 0 Å². The van der Waals surface area contributed by atoms with Gasteiger partial charge in [0.25, 0.3) is 0 Å². The smallest absolute Gasteiger partial charge is 0.123 e. The van der Waals surface area contributed by atoms with E-state index in [2.05, 4.69) is 0 Å². The van der Waals surface area contributed by atoms with Crippen LogP contribution in [0.2, 0.25) is 0 Å². The molecule has 15 heavy (non-hydrogen) atoms. The predicted molar refractivity (Wildman–Crippen MR) is 54.8 cm³/mol. The van der Waals surface area contributed by atoms with Gasteiger partial charge < -0.3 is 0 Å². The van der Waals surface area contributed by atoms with E-state index >= 15 is 0 Å². The van der Waals surface area contributed by atoms with Crippen molar-refractivity contribution in [3.8, 4) is 12.1 Å². The van der Waals surface area contributed by atoms with E-state index in [0.717, 1.165) is 5.56 Å². The van der Waals surface area contributed by atoms with Crippen molar-refractivity contribution in [2.75, 3.05) is 0 Å². The summed E-state index contributed by atoms with van der Waals surface area (Å²) >= 11 is 0. The van der Waals surface area contributed by atoms with Crippen LogP contribution < -0.4 is 0 Å². The summed E-state index contributed by atoms with van der Waals surface area (Å²) in [5.41, 5.74) is 1.30. The summed E-state index contributed by atoms with van der Waals surface area (Å²) in [7, 11) is 0. The maximum Gasteiger partial charge on any atom is 0.123 e. The van der Waals surface area contributed by atoms with Crippen LogP contribution in [0.4, 0.5) is 4.39 Å². The first-order valence-corrected chi connectivity index (χ1v) is 4.49. The van der Waals surface area contributed by atoms with E-state index in [1.54, 1.807) is 18.2 Å². The zero-order chi connectivity index (χ0) is 11.1. The molecule has 2 nitrogen and oxygen atoms in total. The number of nitriles is 2. The third kappa shape index (κ3) is 3.62. The fourth-order valence-corrected chi connectivity index (χ4v) is 1.11. The predicted octanol–water partition coefficient (Wildman–Crippen LogP) is 3.04. The zero-order valence-electron chi connectivity index (χ0n) is 8.07. The molecule has 0 bridgehead atoms. The Kier molecular flexibility index (Phi) is 4.06. The molecule has 1 aromatic rings. The van der Waals surface area contributed by atoms with Crippen molar-refractivity contribution in [3.63, 3.8) is 0 Å². The highest BCUT2D eigenvalue weighted by Gasteiger charge is 1.96. The van der Waals surface area contributed by atoms with Crippen LogP contribution in [-0.2, 0) is 0 Å². The van der Waals surface area contributed by atoms with Gasteiger partial charge in [-0.1, -0.05) is 12.1 Å². The van der Waals surface area contributed by atoms with Crippen molar-refractivity contribution < 1.29 is 4.39 Å². The minimum absolute atomic E-state index is 0.303. The standard InChI is InChI=1S/C12H9FN2/c13-12-5-3-10(4-6-12)8-11(9-15)2-1-7-14/h3-6,8H,1-2H2/b11-8+. The molecule has 0 radical (unpaired) electrons. The second-order valence-corrected chi connectivity index (χ2v) is 2.99. The van der Waals surface area contributed by atoms with Gasteiger partial charge in [-0.3, -0.25) is 0 Å². The number of hydrogen-bond donors (Lipinski definition) is 0. The van der Waals surface area contributed by atoms with Gasteiger partial charge in [0.15, 0.2) is 0 Å². The Hall–Kier alpha value is -2.13.